The zero-order chi connectivity index (χ0) is 17.9. The van der Waals surface area contributed by atoms with Gasteiger partial charge < -0.3 is 21.5 Å². The number of benzene rings is 1. The lowest BCUT2D eigenvalue weighted by molar-refractivity contribution is -0.137. The lowest BCUT2D eigenvalue weighted by atomic mass is 10.2. The summed E-state index contributed by atoms with van der Waals surface area (Å²) < 4.78 is 0. The number of anilines is 2. The van der Waals surface area contributed by atoms with Crippen molar-refractivity contribution in [2.75, 3.05) is 17.6 Å². The van der Waals surface area contributed by atoms with Crippen LogP contribution in [0.3, 0.4) is 0 Å². The molecule has 0 aliphatic rings. The van der Waals surface area contributed by atoms with E-state index in [1.165, 1.54) is 12.3 Å². The molecule has 0 aliphatic carbocycles. The van der Waals surface area contributed by atoms with Crippen LogP contribution in [0.5, 0.6) is 0 Å². The summed E-state index contributed by atoms with van der Waals surface area (Å²) in [6.45, 7) is 0.547. The molecule has 8 heteroatoms. The fourth-order valence-corrected chi connectivity index (χ4v) is 1.99. The molecule has 24 heavy (non-hydrogen) atoms. The Morgan fingerprint density at radius 2 is 2.08 bits per heavy atom. The summed E-state index contributed by atoms with van der Waals surface area (Å²) in [5.41, 5.74) is 6.35. The van der Waals surface area contributed by atoms with E-state index in [2.05, 4.69) is 10.6 Å². The van der Waals surface area contributed by atoms with Gasteiger partial charge in [0.15, 0.2) is 0 Å². The Hall–Kier alpha value is -2.72. The van der Waals surface area contributed by atoms with Crippen LogP contribution in [0.15, 0.2) is 30.0 Å². The fourth-order valence-electron chi connectivity index (χ4n) is 1.81. The molecule has 128 valence electrons. The van der Waals surface area contributed by atoms with Crippen molar-refractivity contribution in [2.24, 2.45) is 0 Å². The minimum Gasteiger partial charge on any atom is -0.481 e. The lowest BCUT2D eigenvalue weighted by Crippen LogP contribution is -2.17. The molecule has 1 amide bonds. The number of amides is 1. The number of nitrogens with one attached hydrogen (secondary N) is 2. The fraction of sp³-hybridized carbons (Fsp3) is 0.312. The first-order valence-electron chi connectivity index (χ1n) is 7.36. The number of carboxylic acid groups (broad SMARTS) is 1. The molecule has 0 atom stereocenters. The maximum Gasteiger partial charge on any atom is 0.303 e. The van der Waals surface area contributed by atoms with Crippen molar-refractivity contribution < 1.29 is 14.7 Å². The molecule has 1 aromatic carbocycles. The number of nitrogens with two attached hydrogens (primary N) is 1. The Morgan fingerprint density at radius 1 is 1.33 bits per heavy atom. The van der Waals surface area contributed by atoms with Gasteiger partial charge in [0.2, 0.25) is 0 Å². The largest absolute Gasteiger partial charge is 0.481 e. The Labute approximate surface area is 145 Å². The number of halogens is 1. The third-order valence-electron chi connectivity index (χ3n) is 3.08. The van der Waals surface area contributed by atoms with Crippen LogP contribution in [0.25, 0.3) is 0 Å². The van der Waals surface area contributed by atoms with Crippen molar-refractivity contribution in [3.63, 3.8) is 0 Å². The van der Waals surface area contributed by atoms with E-state index in [0.29, 0.717) is 29.4 Å². The third kappa shape index (κ3) is 7.03. The SMILES string of the molecule is N#C/C(=C/NCCCCCC(=O)O)C(=O)Nc1ccc(N)c(Cl)c1. The predicted molar refractivity (Wildman–Crippen MR) is 92.3 cm³/mol. The monoisotopic (exact) mass is 350 g/mol. The second kappa shape index (κ2) is 10.1. The number of carbonyl (C=O) groups excluding carboxylic acids is 1. The van der Waals surface area contributed by atoms with Crippen molar-refractivity contribution in [3.05, 3.63) is 35.0 Å². The van der Waals surface area contributed by atoms with Gasteiger partial charge in [-0.3, -0.25) is 9.59 Å². The molecule has 0 radical (unpaired) electrons. The van der Waals surface area contributed by atoms with Crippen LogP contribution in [0, 0.1) is 11.3 Å². The minimum absolute atomic E-state index is 0.0755. The number of unbranched alkanes of at least 4 members (excludes halogenated alkanes) is 2. The highest BCUT2D eigenvalue weighted by Crippen LogP contribution is 2.22. The van der Waals surface area contributed by atoms with E-state index in [9.17, 15) is 9.59 Å². The van der Waals surface area contributed by atoms with Gasteiger partial charge in [0.05, 0.1) is 10.7 Å². The summed E-state index contributed by atoms with van der Waals surface area (Å²) in [6.07, 6.45) is 3.59. The van der Waals surface area contributed by atoms with Crippen molar-refractivity contribution in [1.29, 1.82) is 5.26 Å². The number of nitrogens with zero attached hydrogens (tertiary/aromatic N) is 1. The average Bonchev–Trinajstić information content (AvgIpc) is 2.53. The number of carbonyl (C=O) groups is 2. The van der Waals surface area contributed by atoms with Crippen LogP contribution in [0.4, 0.5) is 11.4 Å². The van der Waals surface area contributed by atoms with Crippen molar-refractivity contribution >= 4 is 34.9 Å². The van der Waals surface area contributed by atoms with Crippen molar-refractivity contribution in [2.45, 2.75) is 25.7 Å². The summed E-state index contributed by atoms with van der Waals surface area (Å²) in [5, 5.41) is 23.3. The molecule has 7 nitrogen and oxygen atoms in total. The van der Waals surface area contributed by atoms with Gasteiger partial charge in [-0.25, -0.2) is 0 Å². The summed E-state index contributed by atoms with van der Waals surface area (Å²) in [6, 6.07) is 6.46. The Morgan fingerprint density at radius 3 is 2.71 bits per heavy atom. The van der Waals surface area contributed by atoms with Crippen LogP contribution in [-0.2, 0) is 9.59 Å². The third-order valence-corrected chi connectivity index (χ3v) is 3.41. The highest BCUT2D eigenvalue weighted by molar-refractivity contribution is 6.33. The normalized spacial score (nSPS) is 10.8. The molecule has 0 spiro atoms. The molecule has 0 bridgehead atoms. The number of carboxylic acids is 1. The molecule has 1 aromatic rings. The molecule has 0 unspecified atom stereocenters. The van der Waals surface area contributed by atoms with Crippen molar-refractivity contribution in [1.82, 2.24) is 5.32 Å². The number of nitriles is 1. The number of hydrogen-bond donors (Lipinski definition) is 4. The summed E-state index contributed by atoms with van der Waals surface area (Å²) in [4.78, 5) is 22.4. The van der Waals surface area contributed by atoms with Gasteiger partial charge in [-0.05, 0) is 31.0 Å². The van der Waals surface area contributed by atoms with Gasteiger partial charge in [-0.2, -0.15) is 5.26 Å². The van der Waals surface area contributed by atoms with E-state index in [0.717, 1.165) is 12.8 Å². The van der Waals surface area contributed by atoms with Gasteiger partial charge in [-0.15, -0.1) is 0 Å². The zero-order valence-corrected chi connectivity index (χ0v) is 13.8. The zero-order valence-electron chi connectivity index (χ0n) is 13.0. The molecule has 0 saturated carbocycles. The molecule has 5 N–H and O–H groups in total. The first kappa shape index (κ1) is 19.3. The molecular formula is C16H19ClN4O3. The Kier molecular flexibility index (Phi) is 8.16. The number of aliphatic carboxylic acids is 1. The quantitative estimate of drug-likeness (QED) is 0.234. The van der Waals surface area contributed by atoms with Crippen LogP contribution >= 0.6 is 11.6 Å². The van der Waals surface area contributed by atoms with Gasteiger partial charge in [0, 0.05) is 24.9 Å². The molecule has 0 fully saturated rings. The predicted octanol–water partition coefficient (Wildman–Crippen LogP) is 2.50. The van der Waals surface area contributed by atoms with Crippen LogP contribution in [0.1, 0.15) is 25.7 Å². The minimum atomic E-state index is -0.811. The van der Waals surface area contributed by atoms with E-state index in [4.69, 9.17) is 27.7 Å². The smallest absolute Gasteiger partial charge is 0.303 e. The van der Waals surface area contributed by atoms with E-state index in [1.54, 1.807) is 12.1 Å². The molecule has 0 aromatic heterocycles. The topological polar surface area (TPSA) is 128 Å². The van der Waals surface area contributed by atoms with Gasteiger partial charge in [0.1, 0.15) is 11.6 Å². The second-order valence-corrected chi connectivity index (χ2v) is 5.43. The van der Waals surface area contributed by atoms with E-state index in [-0.39, 0.29) is 12.0 Å². The maximum atomic E-state index is 12.0. The number of rotatable bonds is 9. The Balaban J connectivity index is 2.44. The lowest BCUT2D eigenvalue weighted by Gasteiger charge is -2.06. The molecule has 0 aliphatic heterocycles. The first-order chi connectivity index (χ1) is 11.4. The van der Waals surface area contributed by atoms with Gasteiger partial charge in [-0.1, -0.05) is 18.0 Å². The first-order valence-corrected chi connectivity index (χ1v) is 7.73. The standard InChI is InChI=1S/C16H19ClN4O3/c17-13-8-12(5-6-14(13)19)21-16(24)11(9-18)10-20-7-3-1-2-4-15(22)23/h5-6,8,10,20H,1-4,7,19H2,(H,21,24)(H,22,23)/b11-10-. The number of hydrogen-bond acceptors (Lipinski definition) is 5. The second-order valence-electron chi connectivity index (χ2n) is 5.02. The van der Waals surface area contributed by atoms with Gasteiger partial charge >= 0.3 is 5.97 Å². The van der Waals surface area contributed by atoms with E-state index in [1.807, 2.05) is 6.07 Å². The van der Waals surface area contributed by atoms with Crippen LogP contribution < -0.4 is 16.4 Å². The van der Waals surface area contributed by atoms with Crippen LogP contribution in [0.2, 0.25) is 5.02 Å². The Bertz CT molecular complexity index is 668. The van der Waals surface area contributed by atoms with Gasteiger partial charge in [0.25, 0.3) is 5.91 Å². The van der Waals surface area contributed by atoms with Crippen LogP contribution in [-0.4, -0.2) is 23.5 Å². The summed E-state index contributed by atoms with van der Waals surface area (Å²) in [5.74, 6) is -1.37. The highest BCUT2D eigenvalue weighted by atomic mass is 35.5. The molecular weight excluding hydrogens is 332 g/mol. The van der Waals surface area contributed by atoms with E-state index >= 15 is 0 Å². The number of nitrogen functional groups attached to an aromatic ring is 1. The molecule has 0 saturated heterocycles. The molecule has 1 rings (SSSR count). The molecule has 0 heterocycles. The highest BCUT2D eigenvalue weighted by Gasteiger charge is 2.09. The average molecular weight is 351 g/mol. The summed E-state index contributed by atoms with van der Waals surface area (Å²) in [7, 11) is 0. The summed E-state index contributed by atoms with van der Waals surface area (Å²) >= 11 is 5.87. The van der Waals surface area contributed by atoms with Crippen molar-refractivity contribution in [3.8, 4) is 6.07 Å². The van der Waals surface area contributed by atoms with E-state index < -0.39 is 11.9 Å². The maximum absolute atomic E-state index is 12.0.